The molecule has 1 atom stereocenters. The molecule has 92 valence electrons. The molecule has 17 heavy (non-hydrogen) atoms. The molecule has 0 saturated heterocycles. The molecule has 1 heterocycles. The fourth-order valence-electron chi connectivity index (χ4n) is 3.10. The zero-order valence-corrected chi connectivity index (χ0v) is 10.5. The molecule has 1 unspecified atom stereocenters. The van der Waals surface area contributed by atoms with Crippen LogP contribution < -0.4 is 10.1 Å². The Balaban J connectivity index is 1.64. The Kier molecular flexibility index (Phi) is 2.83. The molecule has 2 heteroatoms. The highest BCUT2D eigenvalue weighted by Gasteiger charge is 2.30. The molecule has 1 saturated carbocycles. The molecule has 3 rings (SSSR count). The van der Waals surface area contributed by atoms with Crippen LogP contribution in [0.1, 0.15) is 44.1 Å². The number of rotatable bonds is 3. The third kappa shape index (κ3) is 2.19. The highest BCUT2D eigenvalue weighted by Crippen LogP contribution is 2.34. The first kappa shape index (κ1) is 11.1. The summed E-state index contributed by atoms with van der Waals surface area (Å²) in [5.74, 6) is 1.61. The summed E-state index contributed by atoms with van der Waals surface area (Å²) in [4.78, 5) is 0. The van der Waals surface area contributed by atoms with E-state index in [0.717, 1.165) is 18.9 Å². The van der Waals surface area contributed by atoms with Gasteiger partial charge in [-0.15, -0.1) is 0 Å². The maximum absolute atomic E-state index is 5.72. The SMILES string of the molecule is CC1(NCC2COc3ccccc32)CCCC1. The normalized spacial score (nSPS) is 25.6. The van der Waals surface area contributed by atoms with Gasteiger partial charge in [0.15, 0.2) is 0 Å². The lowest BCUT2D eigenvalue weighted by Gasteiger charge is -2.27. The zero-order chi connectivity index (χ0) is 11.7. The van der Waals surface area contributed by atoms with Gasteiger partial charge >= 0.3 is 0 Å². The number of hydrogen-bond acceptors (Lipinski definition) is 2. The van der Waals surface area contributed by atoms with Gasteiger partial charge in [0.2, 0.25) is 0 Å². The first-order valence-electron chi connectivity index (χ1n) is 6.74. The van der Waals surface area contributed by atoms with Gasteiger partial charge in [-0.3, -0.25) is 0 Å². The maximum Gasteiger partial charge on any atom is 0.122 e. The lowest BCUT2D eigenvalue weighted by molar-refractivity contribution is 0.300. The minimum absolute atomic E-state index is 0.373. The molecule has 1 aliphatic heterocycles. The second kappa shape index (κ2) is 4.34. The van der Waals surface area contributed by atoms with Crippen LogP contribution in [0.15, 0.2) is 24.3 Å². The Bertz CT molecular complexity index is 396. The summed E-state index contributed by atoms with van der Waals surface area (Å²) in [6.45, 7) is 4.25. The predicted molar refractivity (Wildman–Crippen MR) is 69.6 cm³/mol. The van der Waals surface area contributed by atoms with Crippen LogP contribution >= 0.6 is 0 Å². The van der Waals surface area contributed by atoms with E-state index in [4.69, 9.17) is 4.74 Å². The minimum atomic E-state index is 0.373. The Hall–Kier alpha value is -1.02. The number of fused-ring (bicyclic) bond motifs is 1. The smallest absolute Gasteiger partial charge is 0.122 e. The fraction of sp³-hybridized carbons (Fsp3) is 0.600. The fourth-order valence-corrected chi connectivity index (χ4v) is 3.10. The molecule has 1 aromatic rings. The summed E-state index contributed by atoms with van der Waals surface area (Å²) < 4.78 is 5.72. The zero-order valence-electron chi connectivity index (χ0n) is 10.5. The van der Waals surface area contributed by atoms with Crippen LogP contribution in [0.25, 0.3) is 0 Å². The van der Waals surface area contributed by atoms with Crippen LogP contribution in [0, 0.1) is 0 Å². The van der Waals surface area contributed by atoms with E-state index < -0.39 is 0 Å². The highest BCUT2D eigenvalue weighted by atomic mass is 16.5. The van der Waals surface area contributed by atoms with Gasteiger partial charge in [0.25, 0.3) is 0 Å². The lowest BCUT2D eigenvalue weighted by atomic mass is 9.97. The average Bonchev–Trinajstić information content (AvgIpc) is 2.94. The van der Waals surface area contributed by atoms with Gasteiger partial charge in [0, 0.05) is 23.6 Å². The van der Waals surface area contributed by atoms with Gasteiger partial charge in [-0.25, -0.2) is 0 Å². The summed E-state index contributed by atoms with van der Waals surface area (Å²) in [6.07, 6.45) is 5.40. The van der Waals surface area contributed by atoms with Gasteiger partial charge in [-0.05, 0) is 25.8 Å². The van der Waals surface area contributed by atoms with Crippen molar-refractivity contribution < 1.29 is 4.74 Å². The molecule has 1 aliphatic carbocycles. The van der Waals surface area contributed by atoms with E-state index in [1.165, 1.54) is 31.2 Å². The number of nitrogens with one attached hydrogen (secondary N) is 1. The molecule has 0 amide bonds. The summed E-state index contributed by atoms with van der Waals surface area (Å²) in [6, 6.07) is 8.43. The quantitative estimate of drug-likeness (QED) is 0.863. The summed E-state index contributed by atoms with van der Waals surface area (Å²) in [5.41, 5.74) is 1.75. The lowest BCUT2D eigenvalue weighted by Crippen LogP contribution is -2.41. The molecular formula is C15H21NO. The van der Waals surface area contributed by atoms with Crippen molar-refractivity contribution in [2.75, 3.05) is 13.2 Å². The van der Waals surface area contributed by atoms with E-state index in [1.807, 2.05) is 6.07 Å². The number of ether oxygens (including phenoxy) is 1. The number of hydrogen-bond donors (Lipinski definition) is 1. The second-order valence-electron chi connectivity index (χ2n) is 5.69. The molecule has 2 nitrogen and oxygen atoms in total. The van der Waals surface area contributed by atoms with Crippen molar-refractivity contribution in [3.8, 4) is 5.75 Å². The van der Waals surface area contributed by atoms with E-state index in [2.05, 4.69) is 30.4 Å². The van der Waals surface area contributed by atoms with Gasteiger partial charge in [0.05, 0.1) is 6.61 Å². The summed E-state index contributed by atoms with van der Waals surface area (Å²) in [7, 11) is 0. The van der Waals surface area contributed by atoms with E-state index in [-0.39, 0.29) is 0 Å². The third-order valence-electron chi connectivity index (χ3n) is 4.28. The van der Waals surface area contributed by atoms with Gasteiger partial charge in [-0.2, -0.15) is 0 Å². The summed E-state index contributed by atoms with van der Waals surface area (Å²) in [5, 5.41) is 3.76. The molecular weight excluding hydrogens is 210 g/mol. The summed E-state index contributed by atoms with van der Waals surface area (Å²) >= 11 is 0. The molecule has 0 bridgehead atoms. The Morgan fingerprint density at radius 1 is 1.29 bits per heavy atom. The predicted octanol–water partition coefficient (Wildman–Crippen LogP) is 3.08. The van der Waals surface area contributed by atoms with Gasteiger partial charge < -0.3 is 10.1 Å². The van der Waals surface area contributed by atoms with Crippen LogP contribution in [-0.4, -0.2) is 18.7 Å². The highest BCUT2D eigenvalue weighted by molar-refractivity contribution is 5.39. The van der Waals surface area contributed by atoms with E-state index in [0.29, 0.717) is 11.5 Å². The van der Waals surface area contributed by atoms with Crippen molar-refractivity contribution in [2.45, 2.75) is 44.1 Å². The maximum atomic E-state index is 5.72. The third-order valence-corrected chi connectivity index (χ3v) is 4.28. The molecule has 1 N–H and O–H groups in total. The minimum Gasteiger partial charge on any atom is -0.493 e. The first-order valence-corrected chi connectivity index (χ1v) is 6.74. The van der Waals surface area contributed by atoms with Gasteiger partial charge in [-0.1, -0.05) is 31.0 Å². The van der Waals surface area contributed by atoms with Crippen LogP contribution in [-0.2, 0) is 0 Å². The van der Waals surface area contributed by atoms with Crippen molar-refractivity contribution in [1.82, 2.24) is 5.32 Å². The molecule has 0 aromatic heterocycles. The van der Waals surface area contributed by atoms with Crippen LogP contribution in [0.4, 0.5) is 0 Å². The average molecular weight is 231 g/mol. The van der Waals surface area contributed by atoms with E-state index >= 15 is 0 Å². The van der Waals surface area contributed by atoms with E-state index in [9.17, 15) is 0 Å². The topological polar surface area (TPSA) is 21.3 Å². The molecule has 2 aliphatic rings. The van der Waals surface area contributed by atoms with Crippen molar-refractivity contribution in [3.05, 3.63) is 29.8 Å². The monoisotopic (exact) mass is 231 g/mol. The number of para-hydroxylation sites is 1. The molecule has 1 aromatic carbocycles. The Morgan fingerprint density at radius 2 is 2.06 bits per heavy atom. The van der Waals surface area contributed by atoms with Crippen LogP contribution in [0.3, 0.4) is 0 Å². The van der Waals surface area contributed by atoms with Crippen molar-refractivity contribution in [3.63, 3.8) is 0 Å². The largest absolute Gasteiger partial charge is 0.493 e. The van der Waals surface area contributed by atoms with Gasteiger partial charge in [0.1, 0.15) is 5.75 Å². The van der Waals surface area contributed by atoms with Crippen LogP contribution in [0.5, 0.6) is 5.75 Å². The molecule has 0 radical (unpaired) electrons. The van der Waals surface area contributed by atoms with E-state index in [1.54, 1.807) is 0 Å². The Labute approximate surface area is 103 Å². The molecule has 1 fully saturated rings. The first-order chi connectivity index (χ1) is 8.27. The van der Waals surface area contributed by atoms with Crippen molar-refractivity contribution in [2.24, 2.45) is 0 Å². The second-order valence-corrected chi connectivity index (χ2v) is 5.69. The Morgan fingerprint density at radius 3 is 2.88 bits per heavy atom. The number of benzene rings is 1. The van der Waals surface area contributed by atoms with Crippen molar-refractivity contribution >= 4 is 0 Å². The van der Waals surface area contributed by atoms with Crippen LogP contribution in [0.2, 0.25) is 0 Å². The standard InChI is InChI=1S/C15H21NO/c1-15(8-4-5-9-15)16-10-12-11-17-14-7-3-2-6-13(12)14/h2-3,6-7,12,16H,4-5,8-11H2,1H3. The van der Waals surface area contributed by atoms with Crippen molar-refractivity contribution in [1.29, 1.82) is 0 Å². The molecule has 0 spiro atoms.